The molecule has 1 aromatic rings. The van der Waals surface area contributed by atoms with Gasteiger partial charge >= 0.3 is 0 Å². The van der Waals surface area contributed by atoms with E-state index in [0.717, 1.165) is 0 Å². The molecule has 0 aliphatic carbocycles. The molecule has 1 amide bonds. The van der Waals surface area contributed by atoms with E-state index in [9.17, 15) is 9.59 Å². The summed E-state index contributed by atoms with van der Waals surface area (Å²) in [6, 6.07) is 2.50. The number of aryl methyl sites for hydroxylation is 1. The largest absolute Gasteiger partial charge is 0.339 e. The van der Waals surface area contributed by atoms with E-state index in [-0.39, 0.29) is 17.5 Å². The molecule has 15 heavy (non-hydrogen) atoms. The van der Waals surface area contributed by atoms with Crippen molar-refractivity contribution >= 4 is 5.91 Å². The second kappa shape index (κ2) is 4.47. The van der Waals surface area contributed by atoms with E-state index < -0.39 is 0 Å². The Morgan fingerprint density at radius 2 is 2.33 bits per heavy atom. The number of terminal acetylenes is 1. The van der Waals surface area contributed by atoms with Gasteiger partial charge in [0.25, 0.3) is 11.5 Å². The third-order valence-electron chi connectivity index (χ3n) is 1.96. The van der Waals surface area contributed by atoms with Crippen LogP contribution in [0, 0.1) is 12.3 Å². The highest BCUT2D eigenvalue weighted by Gasteiger charge is 2.08. The highest BCUT2D eigenvalue weighted by molar-refractivity contribution is 5.94. The van der Waals surface area contributed by atoms with Gasteiger partial charge in [-0.15, -0.1) is 6.42 Å². The first-order chi connectivity index (χ1) is 7.04. The molecule has 4 nitrogen and oxygen atoms in total. The van der Waals surface area contributed by atoms with Crippen LogP contribution in [0.5, 0.6) is 0 Å². The Bertz CT molecular complexity index is 468. The monoisotopic (exact) mass is 204 g/mol. The number of rotatable bonds is 2. The molecule has 4 heteroatoms. The average molecular weight is 204 g/mol. The van der Waals surface area contributed by atoms with Gasteiger partial charge in [0, 0.05) is 24.9 Å². The number of amides is 1. The van der Waals surface area contributed by atoms with Gasteiger partial charge in [-0.3, -0.25) is 9.59 Å². The van der Waals surface area contributed by atoms with E-state index in [1.807, 2.05) is 0 Å². The molecule has 0 fully saturated rings. The number of aromatic nitrogens is 1. The molecule has 1 atom stereocenters. The maximum Gasteiger partial charge on any atom is 0.252 e. The third-order valence-corrected chi connectivity index (χ3v) is 1.96. The van der Waals surface area contributed by atoms with Crippen molar-refractivity contribution in [3.8, 4) is 12.3 Å². The van der Waals surface area contributed by atoms with Gasteiger partial charge in [-0.1, -0.05) is 5.92 Å². The highest BCUT2D eigenvalue weighted by Crippen LogP contribution is 1.94. The van der Waals surface area contributed by atoms with Gasteiger partial charge in [-0.2, -0.15) is 0 Å². The first kappa shape index (κ1) is 11.1. The molecule has 0 saturated heterocycles. The zero-order chi connectivity index (χ0) is 11.4. The molecule has 0 bridgehead atoms. The molecular formula is C11H12N2O2. The topological polar surface area (TPSA) is 51.1 Å². The first-order valence-corrected chi connectivity index (χ1v) is 4.48. The second-order valence-corrected chi connectivity index (χ2v) is 3.23. The summed E-state index contributed by atoms with van der Waals surface area (Å²) in [4.78, 5) is 22.8. The summed E-state index contributed by atoms with van der Waals surface area (Å²) >= 11 is 0. The number of carbonyl (C=O) groups excluding carboxylic acids is 1. The molecule has 78 valence electrons. The predicted molar refractivity (Wildman–Crippen MR) is 57.4 cm³/mol. The van der Waals surface area contributed by atoms with Gasteiger partial charge in [-0.05, 0) is 13.0 Å². The van der Waals surface area contributed by atoms with E-state index in [4.69, 9.17) is 6.42 Å². The summed E-state index contributed by atoms with van der Waals surface area (Å²) in [6.07, 6.45) is 6.66. The lowest BCUT2D eigenvalue weighted by Crippen LogP contribution is -2.32. The van der Waals surface area contributed by atoms with Crippen molar-refractivity contribution in [2.75, 3.05) is 0 Å². The van der Waals surface area contributed by atoms with Crippen LogP contribution in [0.15, 0.2) is 23.1 Å². The lowest BCUT2D eigenvalue weighted by molar-refractivity contribution is 0.0948. The fraction of sp³-hybridized carbons (Fsp3) is 0.273. The summed E-state index contributed by atoms with van der Waals surface area (Å²) in [5.41, 5.74) is 0.0937. The van der Waals surface area contributed by atoms with Crippen molar-refractivity contribution in [3.05, 3.63) is 34.2 Å². The summed E-state index contributed by atoms with van der Waals surface area (Å²) in [7, 11) is 1.62. The Hall–Kier alpha value is -2.02. The Balaban J connectivity index is 2.89. The molecular weight excluding hydrogens is 192 g/mol. The molecule has 1 N–H and O–H groups in total. The van der Waals surface area contributed by atoms with Gasteiger partial charge in [0.05, 0.1) is 6.04 Å². The number of pyridine rings is 1. The third kappa shape index (κ3) is 2.71. The van der Waals surface area contributed by atoms with Gasteiger partial charge in [0.15, 0.2) is 0 Å². The van der Waals surface area contributed by atoms with Crippen molar-refractivity contribution in [3.63, 3.8) is 0 Å². The van der Waals surface area contributed by atoms with Crippen LogP contribution in [-0.4, -0.2) is 16.5 Å². The van der Waals surface area contributed by atoms with Crippen LogP contribution in [0.2, 0.25) is 0 Å². The zero-order valence-electron chi connectivity index (χ0n) is 8.65. The Kier molecular flexibility index (Phi) is 3.29. The van der Waals surface area contributed by atoms with Crippen LogP contribution in [0.1, 0.15) is 17.3 Å². The fourth-order valence-corrected chi connectivity index (χ4v) is 1.01. The summed E-state index contributed by atoms with van der Waals surface area (Å²) in [6.45, 7) is 1.69. The van der Waals surface area contributed by atoms with Crippen molar-refractivity contribution in [1.82, 2.24) is 9.88 Å². The number of hydrogen-bond acceptors (Lipinski definition) is 2. The molecule has 1 aromatic heterocycles. The minimum atomic E-state index is -0.346. The molecule has 0 aliphatic heterocycles. The second-order valence-electron chi connectivity index (χ2n) is 3.23. The summed E-state index contributed by atoms with van der Waals surface area (Å²) < 4.78 is 1.39. The molecule has 1 unspecified atom stereocenters. The van der Waals surface area contributed by atoms with Crippen LogP contribution < -0.4 is 10.9 Å². The Labute approximate surface area is 87.9 Å². The highest BCUT2D eigenvalue weighted by atomic mass is 16.2. The number of nitrogens with zero attached hydrogens (tertiary/aromatic N) is 1. The van der Waals surface area contributed by atoms with Crippen molar-refractivity contribution in [2.45, 2.75) is 13.0 Å². The van der Waals surface area contributed by atoms with E-state index >= 15 is 0 Å². The smallest absolute Gasteiger partial charge is 0.252 e. The van der Waals surface area contributed by atoms with E-state index in [0.29, 0.717) is 5.56 Å². The van der Waals surface area contributed by atoms with Crippen molar-refractivity contribution in [1.29, 1.82) is 0 Å². The summed E-state index contributed by atoms with van der Waals surface area (Å²) in [5, 5.41) is 2.57. The van der Waals surface area contributed by atoms with E-state index in [2.05, 4.69) is 11.2 Å². The van der Waals surface area contributed by atoms with Gasteiger partial charge in [0.2, 0.25) is 0 Å². The van der Waals surface area contributed by atoms with Crippen molar-refractivity contribution < 1.29 is 4.79 Å². The molecule has 0 spiro atoms. The number of nitrogens with one attached hydrogen (secondary N) is 1. The predicted octanol–water partition coefficient (Wildman–Crippen LogP) is 0.137. The summed E-state index contributed by atoms with van der Waals surface area (Å²) in [5.74, 6) is 2.04. The van der Waals surface area contributed by atoms with E-state index in [1.54, 1.807) is 20.0 Å². The molecule has 1 rings (SSSR count). The SMILES string of the molecule is C#CC(C)NC(=O)c1ccn(C)c(=O)c1. The van der Waals surface area contributed by atoms with Gasteiger partial charge < -0.3 is 9.88 Å². The lowest BCUT2D eigenvalue weighted by Gasteiger charge is -2.07. The fourth-order valence-electron chi connectivity index (χ4n) is 1.01. The molecule has 1 heterocycles. The maximum atomic E-state index is 11.5. The van der Waals surface area contributed by atoms with Crippen LogP contribution in [0.4, 0.5) is 0 Å². The van der Waals surface area contributed by atoms with Gasteiger partial charge in [0.1, 0.15) is 0 Å². The average Bonchev–Trinajstić information content (AvgIpc) is 2.21. The van der Waals surface area contributed by atoms with E-state index in [1.165, 1.54) is 16.8 Å². The van der Waals surface area contributed by atoms with Crippen LogP contribution in [-0.2, 0) is 7.05 Å². The number of hydrogen-bond donors (Lipinski definition) is 1. The quantitative estimate of drug-likeness (QED) is 0.696. The first-order valence-electron chi connectivity index (χ1n) is 4.48. The lowest BCUT2D eigenvalue weighted by atomic mass is 10.2. The van der Waals surface area contributed by atoms with Crippen LogP contribution >= 0.6 is 0 Å². The normalized spacial score (nSPS) is 11.5. The molecule has 0 aromatic carbocycles. The zero-order valence-corrected chi connectivity index (χ0v) is 8.65. The maximum absolute atomic E-state index is 11.5. The minimum Gasteiger partial charge on any atom is -0.339 e. The standard InChI is InChI=1S/C11H12N2O2/c1-4-8(2)12-11(15)9-5-6-13(3)10(14)7-9/h1,5-8H,2-3H3,(H,12,15). The minimum absolute atomic E-state index is 0.226. The Morgan fingerprint density at radius 3 is 2.87 bits per heavy atom. The number of carbonyl (C=O) groups is 1. The molecule has 0 aliphatic rings. The van der Waals surface area contributed by atoms with Crippen LogP contribution in [0.3, 0.4) is 0 Å². The van der Waals surface area contributed by atoms with Crippen molar-refractivity contribution in [2.24, 2.45) is 7.05 Å². The molecule has 0 radical (unpaired) electrons. The van der Waals surface area contributed by atoms with Crippen LogP contribution in [0.25, 0.3) is 0 Å². The molecule has 0 saturated carbocycles. The van der Waals surface area contributed by atoms with Gasteiger partial charge in [-0.25, -0.2) is 0 Å². The Morgan fingerprint density at radius 1 is 1.67 bits per heavy atom.